The minimum absolute atomic E-state index is 0.0184. The lowest BCUT2D eigenvalue weighted by Gasteiger charge is -2.16. The summed E-state index contributed by atoms with van der Waals surface area (Å²) in [6.07, 6.45) is 1.43. The molecular weight excluding hydrogens is 328 g/mol. The Morgan fingerprint density at radius 2 is 1.92 bits per heavy atom. The lowest BCUT2D eigenvalue weighted by atomic mass is 10.1. The number of nitrogens with zero attached hydrogens (tertiary/aromatic N) is 1. The molecule has 1 amide bonds. The second-order valence-electron chi connectivity index (χ2n) is 5.98. The van der Waals surface area contributed by atoms with Crippen LogP contribution in [0, 0.1) is 18.3 Å². The van der Waals surface area contributed by atoms with Crippen molar-refractivity contribution in [1.82, 2.24) is 0 Å². The van der Waals surface area contributed by atoms with Crippen LogP contribution < -0.4 is 14.8 Å². The molecule has 5 heteroatoms. The standard InChI is InChI=1S/C21H22N2O3/c1-14(2)26-20-16(9-7-11-19(20)25-4)12-17(13-22)21(24)23-18-10-6-5-8-15(18)3/h5-12,14H,1-4H3,(H,23,24)/b17-12+. The molecule has 2 aromatic carbocycles. The first-order chi connectivity index (χ1) is 12.5. The average molecular weight is 350 g/mol. The molecule has 0 radical (unpaired) electrons. The number of rotatable bonds is 6. The SMILES string of the molecule is COc1cccc(/C=C(\C#N)C(=O)Nc2ccccc2C)c1OC(C)C. The summed E-state index contributed by atoms with van der Waals surface area (Å²) in [7, 11) is 1.55. The van der Waals surface area contributed by atoms with Crippen LogP contribution in [0.25, 0.3) is 6.08 Å². The van der Waals surface area contributed by atoms with Gasteiger partial charge in [-0.3, -0.25) is 4.79 Å². The zero-order valence-corrected chi connectivity index (χ0v) is 15.4. The van der Waals surface area contributed by atoms with Gasteiger partial charge in [0.15, 0.2) is 11.5 Å². The van der Waals surface area contributed by atoms with Crippen molar-refractivity contribution in [2.75, 3.05) is 12.4 Å². The molecule has 0 bridgehead atoms. The second-order valence-corrected chi connectivity index (χ2v) is 5.98. The van der Waals surface area contributed by atoms with Gasteiger partial charge in [0, 0.05) is 11.3 Å². The monoisotopic (exact) mass is 350 g/mol. The van der Waals surface area contributed by atoms with Gasteiger partial charge in [-0.15, -0.1) is 0 Å². The second kappa shape index (κ2) is 8.72. The van der Waals surface area contributed by atoms with Gasteiger partial charge < -0.3 is 14.8 Å². The number of carbonyl (C=O) groups is 1. The van der Waals surface area contributed by atoms with Crippen molar-refractivity contribution >= 4 is 17.7 Å². The number of benzene rings is 2. The van der Waals surface area contributed by atoms with Gasteiger partial charge in [-0.1, -0.05) is 30.3 Å². The summed E-state index contributed by atoms with van der Waals surface area (Å²) in [6.45, 7) is 5.69. The van der Waals surface area contributed by atoms with Gasteiger partial charge in [0.25, 0.3) is 5.91 Å². The molecule has 0 aliphatic carbocycles. The fourth-order valence-electron chi connectivity index (χ4n) is 2.38. The van der Waals surface area contributed by atoms with Gasteiger partial charge in [-0.2, -0.15) is 5.26 Å². The van der Waals surface area contributed by atoms with E-state index < -0.39 is 5.91 Å². The van der Waals surface area contributed by atoms with Gasteiger partial charge >= 0.3 is 0 Å². The summed E-state index contributed by atoms with van der Waals surface area (Å²) in [6, 6.07) is 14.7. The van der Waals surface area contributed by atoms with Crippen LogP contribution in [0.5, 0.6) is 11.5 Å². The van der Waals surface area contributed by atoms with Crippen molar-refractivity contribution in [3.63, 3.8) is 0 Å². The Labute approximate surface area is 153 Å². The number of para-hydroxylation sites is 2. The first-order valence-corrected chi connectivity index (χ1v) is 8.28. The summed E-state index contributed by atoms with van der Waals surface area (Å²) >= 11 is 0. The van der Waals surface area contributed by atoms with E-state index in [0.717, 1.165) is 5.56 Å². The third-order valence-electron chi connectivity index (χ3n) is 3.64. The Kier molecular flexibility index (Phi) is 6.40. The molecule has 0 fully saturated rings. The average Bonchev–Trinajstić information content (AvgIpc) is 2.62. The van der Waals surface area contributed by atoms with Crippen LogP contribution in [0.1, 0.15) is 25.0 Å². The van der Waals surface area contributed by atoms with Crippen molar-refractivity contribution in [3.05, 3.63) is 59.2 Å². The molecule has 0 spiro atoms. The maximum Gasteiger partial charge on any atom is 0.266 e. The van der Waals surface area contributed by atoms with E-state index in [4.69, 9.17) is 9.47 Å². The molecule has 0 saturated carbocycles. The number of hydrogen-bond acceptors (Lipinski definition) is 4. The lowest BCUT2D eigenvalue weighted by Crippen LogP contribution is -2.14. The molecule has 1 N–H and O–H groups in total. The Balaban J connectivity index is 2.38. The molecule has 26 heavy (non-hydrogen) atoms. The fourth-order valence-corrected chi connectivity index (χ4v) is 2.38. The maximum atomic E-state index is 12.5. The first kappa shape index (κ1) is 19.1. The highest BCUT2D eigenvalue weighted by Crippen LogP contribution is 2.33. The summed E-state index contributed by atoms with van der Waals surface area (Å²) in [5, 5.41) is 12.2. The number of anilines is 1. The molecule has 134 valence electrons. The van der Waals surface area contributed by atoms with Crippen LogP contribution in [-0.4, -0.2) is 19.1 Å². The number of aryl methyl sites for hydroxylation is 1. The Morgan fingerprint density at radius 1 is 1.19 bits per heavy atom. The lowest BCUT2D eigenvalue weighted by molar-refractivity contribution is -0.112. The number of nitriles is 1. The minimum Gasteiger partial charge on any atom is -0.493 e. The molecule has 0 aliphatic rings. The highest BCUT2D eigenvalue weighted by atomic mass is 16.5. The van der Waals surface area contributed by atoms with Crippen LogP contribution in [0.2, 0.25) is 0 Å². The maximum absolute atomic E-state index is 12.5. The predicted octanol–water partition coefficient (Wildman–Crippen LogP) is 4.34. The molecule has 5 nitrogen and oxygen atoms in total. The Bertz CT molecular complexity index is 864. The van der Waals surface area contributed by atoms with Crippen molar-refractivity contribution in [3.8, 4) is 17.6 Å². The van der Waals surface area contributed by atoms with Crippen molar-refractivity contribution in [2.45, 2.75) is 26.9 Å². The quantitative estimate of drug-likeness (QED) is 0.621. The molecule has 0 atom stereocenters. The number of ether oxygens (including phenoxy) is 2. The topological polar surface area (TPSA) is 71.3 Å². The number of carbonyl (C=O) groups excluding carboxylic acids is 1. The minimum atomic E-state index is -0.472. The summed E-state index contributed by atoms with van der Waals surface area (Å²) in [4.78, 5) is 12.5. The number of methoxy groups -OCH3 is 1. The molecular formula is C21H22N2O3. The van der Waals surface area contributed by atoms with Crippen molar-refractivity contribution < 1.29 is 14.3 Å². The highest BCUT2D eigenvalue weighted by molar-refractivity contribution is 6.10. The third kappa shape index (κ3) is 4.64. The van der Waals surface area contributed by atoms with Gasteiger partial charge in [0.05, 0.1) is 13.2 Å². The summed E-state index contributed by atoms with van der Waals surface area (Å²) in [5.41, 5.74) is 2.18. The highest BCUT2D eigenvalue weighted by Gasteiger charge is 2.15. The van der Waals surface area contributed by atoms with E-state index in [2.05, 4.69) is 5.32 Å². The van der Waals surface area contributed by atoms with Crippen molar-refractivity contribution in [2.24, 2.45) is 0 Å². The predicted molar refractivity (Wildman–Crippen MR) is 102 cm³/mol. The van der Waals surface area contributed by atoms with Crippen LogP contribution in [0.15, 0.2) is 48.0 Å². The molecule has 2 rings (SSSR count). The van der Waals surface area contributed by atoms with E-state index in [0.29, 0.717) is 22.7 Å². The molecule has 0 saturated heterocycles. The van der Waals surface area contributed by atoms with Gasteiger partial charge in [-0.25, -0.2) is 0 Å². The van der Waals surface area contributed by atoms with Crippen LogP contribution in [0.3, 0.4) is 0 Å². The smallest absolute Gasteiger partial charge is 0.266 e. The van der Waals surface area contributed by atoms with Gasteiger partial charge in [-0.05, 0) is 44.5 Å². The number of hydrogen-bond donors (Lipinski definition) is 1. The molecule has 0 aromatic heterocycles. The molecule has 0 aliphatic heterocycles. The van der Waals surface area contributed by atoms with Crippen LogP contribution in [-0.2, 0) is 4.79 Å². The molecule has 2 aromatic rings. The van der Waals surface area contributed by atoms with Crippen LogP contribution in [0.4, 0.5) is 5.69 Å². The molecule has 0 unspecified atom stereocenters. The number of amides is 1. The van der Waals surface area contributed by atoms with Gasteiger partial charge in [0.1, 0.15) is 11.6 Å². The largest absolute Gasteiger partial charge is 0.493 e. The van der Waals surface area contributed by atoms with Gasteiger partial charge in [0.2, 0.25) is 0 Å². The Morgan fingerprint density at radius 3 is 2.54 bits per heavy atom. The zero-order valence-electron chi connectivity index (χ0n) is 15.4. The van der Waals surface area contributed by atoms with E-state index >= 15 is 0 Å². The van der Waals surface area contributed by atoms with E-state index in [1.807, 2.05) is 45.0 Å². The Hall–Kier alpha value is -3.26. The van der Waals surface area contributed by atoms with E-state index in [1.165, 1.54) is 6.08 Å². The van der Waals surface area contributed by atoms with E-state index in [9.17, 15) is 10.1 Å². The number of nitrogens with one attached hydrogen (secondary N) is 1. The summed E-state index contributed by atoms with van der Waals surface area (Å²) < 4.78 is 11.2. The van der Waals surface area contributed by atoms with E-state index in [-0.39, 0.29) is 11.7 Å². The van der Waals surface area contributed by atoms with E-state index in [1.54, 1.807) is 31.4 Å². The third-order valence-corrected chi connectivity index (χ3v) is 3.64. The summed E-state index contributed by atoms with van der Waals surface area (Å²) in [5.74, 6) is 0.575. The normalized spacial score (nSPS) is 11.0. The zero-order chi connectivity index (χ0) is 19.1. The molecule has 0 heterocycles. The van der Waals surface area contributed by atoms with Crippen LogP contribution >= 0.6 is 0 Å². The van der Waals surface area contributed by atoms with Crippen molar-refractivity contribution in [1.29, 1.82) is 5.26 Å². The first-order valence-electron chi connectivity index (χ1n) is 8.28. The fraction of sp³-hybridized carbons (Fsp3) is 0.238.